The molecule has 18 heavy (non-hydrogen) atoms. The molecule has 1 N–H and O–H groups in total. The van der Waals surface area contributed by atoms with Crippen molar-refractivity contribution in [1.29, 1.82) is 0 Å². The molecule has 0 radical (unpaired) electrons. The summed E-state index contributed by atoms with van der Waals surface area (Å²) < 4.78 is 9.24. The Morgan fingerprint density at radius 3 is 2.28 bits per heavy atom. The zero-order valence-corrected chi connectivity index (χ0v) is 11.0. The summed E-state index contributed by atoms with van der Waals surface area (Å²) in [5, 5.41) is 2.21. The second-order valence-electron chi connectivity index (χ2n) is 3.79. The van der Waals surface area contributed by atoms with E-state index in [4.69, 9.17) is 4.74 Å². The predicted octanol–water partition coefficient (Wildman–Crippen LogP) is 1.77. The summed E-state index contributed by atoms with van der Waals surface area (Å²) in [7, 11) is 0. The molecule has 0 unspecified atom stereocenters. The summed E-state index contributed by atoms with van der Waals surface area (Å²) >= 11 is 0. The van der Waals surface area contributed by atoms with Crippen LogP contribution in [0.15, 0.2) is 0 Å². The molecular weight excluding hydrogens is 238 g/mol. The van der Waals surface area contributed by atoms with Crippen LogP contribution in [0.1, 0.15) is 46.0 Å². The van der Waals surface area contributed by atoms with Crippen LogP contribution < -0.4 is 5.32 Å². The molecule has 0 aliphatic heterocycles. The van der Waals surface area contributed by atoms with Gasteiger partial charge in [0.05, 0.1) is 6.61 Å². The van der Waals surface area contributed by atoms with E-state index in [1.807, 2.05) is 13.8 Å². The largest absolute Gasteiger partial charge is 0.450 e. The number of hydrogen-bond acceptors (Lipinski definition) is 5. The SMILES string of the molecule is CCCCOC(=O)NCC(=O)OC(=O)CCCC. The lowest BCUT2D eigenvalue weighted by Crippen LogP contribution is -2.32. The lowest BCUT2D eigenvalue weighted by atomic mass is 10.2. The Morgan fingerprint density at radius 2 is 1.67 bits per heavy atom. The summed E-state index contributed by atoms with van der Waals surface area (Å²) in [4.78, 5) is 33.3. The number of rotatable bonds is 8. The fourth-order valence-corrected chi connectivity index (χ4v) is 1.04. The normalized spacial score (nSPS) is 9.67. The molecule has 0 spiro atoms. The number of hydrogen-bond donors (Lipinski definition) is 1. The molecule has 0 atom stereocenters. The van der Waals surface area contributed by atoms with Gasteiger partial charge in [-0.1, -0.05) is 26.7 Å². The van der Waals surface area contributed by atoms with Crippen LogP contribution in [0.25, 0.3) is 0 Å². The summed E-state index contributed by atoms with van der Waals surface area (Å²) in [6.07, 6.45) is 2.75. The van der Waals surface area contributed by atoms with Crippen molar-refractivity contribution >= 4 is 18.0 Å². The van der Waals surface area contributed by atoms with Crippen molar-refractivity contribution < 1.29 is 23.9 Å². The monoisotopic (exact) mass is 259 g/mol. The molecule has 6 heteroatoms. The van der Waals surface area contributed by atoms with E-state index in [9.17, 15) is 14.4 Å². The van der Waals surface area contributed by atoms with E-state index in [0.29, 0.717) is 13.0 Å². The number of carbonyl (C=O) groups excluding carboxylic acids is 3. The summed E-state index contributed by atoms with van der Waals surface area (Å²) in [6.45, 7) is 3.86. The highest BCUT2D eigenvalue weighted by atomic mass is 16.6. The number of esters is 2. The van der Waals surface area contributed by atoms with Gasteiger partial charge in [0.25, 0.3) is 0 Å². The van der Waals surface area contributed by atoms with Crippen LogP contribution in [-0.2, 0) is 19.1 Å². The number of amides is 1. The third kappa shape index (κ3) is 9.62. The number of nitrogens with one attached hydrogen (secondary N) is 1. The van der Waals surface area contributed by atoms with Crippen molar-refractivity contribution in [2.75, 3.05) is 13.2 Å². The molecule has 0 bridgehead atoms. The van der Waals surface area contributed by atoms with Crippen molar-refractivity contribution in [3.05, 3.63) is 0 Å². The molecule has 0 rings (SSSR count). The molecule has 0 aromatic carbocycles. The smallest absolute Gasteiger partial charge is 0.407 e. The van der Waals surface area contributed by atoms with E-state index in [1.54, 1.807) is 0 Å². The summed E-state index contributed by atoms with van der Waals surface area (Å²) in [5.74, 6) is -1.34. The van der Waals surface area contributed by atoms with Gasteiger partial charge in [0.15, 0.2) is 0 Å². The Kier molecular flexibility index (Phi) is 9.62. The predicted molar refractivity (Wildman–Crippen MR) is 64.9 cm³/mol. The third-order valence-corrected chi connectivity index (χ3v) is 2.07. The number of ether oxygens (including phenoxy) is 2. The first kappa shape index (κ1) is 16.4. The zero-order chi connectivity index (χ0) is 13.8. The van der Waals surface area contributed by atoms with E-state index in [-0.39, 0.29) is 13.0 Å². The maximum absolute atomic E-state index is 11.1. The Balaban J connectivity index is 3.63. The van der Waals surface area contributed by atoms with Gasteiger partial charge in [-0.2, -0.15) is 0 Å². The number of unbranched alkanes of at least 4 members (excludes halogenated alkanes) is 2. The molecular formula is C12H21NO5. The second-order valence-corrected chi connectivity index (χ2v) is 3.79. The fourth-order valence-electron chi connectivity index (χ4n) is 1.04. The minimum atomic E-state index is -0.774. The molecule has 0 heterocycles. The van der Waals surface area contributed by atoms with Gasteiger partial charge in [-0.3, -0.25) is 4.79 Å². The Hall–Kier alpha value is -1.59. The molecule has 104 valence electrons. The molecule has 0 aromatic heterocycles. The minimum absolute atomic E-state index is 0.211. The first-order valence-electron chi connectivity index (χ1n) is 6.24. The van der Waals surface area contributed by atoms with Crippen molar-refractivity contribution in [3.63, 3.8) is 0 Å². The van der Waals surface area contributed by atoms with E-state index < -0.39 is 18.0 Å². The van der Waals surface area contributed by atoms with Crippen LogP contribution in [0.3, 0.4) is 0 Å². The van der Waals surface area contributed by atoms with Crippen molar-refractivity contribution in [3.8, 4) is 0 Å². The molecule has 0 aliphatic carbocycles. The van der Waals surface area contributed by atoms with Crippen LogP contribution in [0.4, 0.5) is 4.79 Å². The van der Waals surface area contributed by atoms with Crippen LogP contribution in [0.2, 0.25) is 0 Å². The average Bonchev–Trinajstić information content (AvgIpc) is 2.34. The van der Waals surface area contributed by atoms with Crippen molar-refractivity contribution in [2.45, 2.75) is 46.0 Å². The van der Waals surface area contributed by atoms with E-state index >= 15 is 0 Å². The van der Waals surface area contributed by atoms with E-state index in [1.165, 1.54) is 0 Å². The van der Waals surface area contributed by atoms with Crippen LogP contribution >= 0.6 is 0 Å². The van der Waals surface area contributed by atoms with E-state index in [2.05, 4.69) is 10.1 Å². The first-order chi connectivity index (χ1) is 8.60. The summed E-state index contributed by atoms with van der Waals surface area (Å²) in [6, 6.07) is 0. The standard InChI is InChI=1S/C12H21NO5/c1-3-5-7-10(14)18-11(15)9-13-12(16)17-8-6-4-2/h3-9H2,1-2H3,(H,13,16). The first-order valence-corrected chi connectivity index (χ1v) is 6.24. The minimum Gasteiger partial charge on any atom is -0.450 e. The van der Waals surface area contributed by atoms with Crippen LogP contribution in [-0.4, -0.2) is 31.2 Å². The van der Waals surface area contributed by atoms with Gasteiger partial charge in [-0.15, -0.1) is 0 Å². The lowest BCUT2D eigenvalue weighted by molar-refractivity contribution is -0.159. The van der Waals surface area contributed by atoms with Crippen LogP contribution in [0.5, 0.6) is 0 Å². The van der Waals surface area contributed by atoms with Gasteiger partial charge >= 0.3 is 18.0 Å². The number of alkyl carbamates (subject to hydrolysis) is 1. The second kappa shape index (κ2) is 10.6. The van der Waals surface area contributed by atoms with Gasteiger partial charge in [-0.05, 0) is 12.8 Å². The molecule has 0 fully saturated rings. The van der Waals surface area contributed by atoms with Crippen molar-refractivity contribution in [2.24, 2.45) is 0 Å². The Bertz CT molecular complexity index is 278. The van der Waals surface area contributed by atoms with Gasteiger partial charge < -0.3 is 14.8 Å². The number of carbonyl (C=O) groups is 3. The average molecular weight is 259 g/mol. The topological polar surface area (TPSA) is 81.7 Å². The van der Waals surface area contributed by atoms with Gasteiger partial charge in [-0.25, -0.2) is 9.59 Å². The summed E-state index contributed by atoms with van der Waals surface area (Å²) in [5.41, 5.74) is 0. The lowest BCUT2D eigenvalue weighted by Gasteiger charge is -2.06. The zero-order valence-electron chi connectivity index (χ0n) is 11.0. The molecule has 0 saturated heterocycles. The Labute approximate surface area is 107 Å². The molecule has 0 saturated carbocycles. The van der Waals surface area contributed by atoms with Crippen LogP contribution in [0, 0.1) is 0 Å². The molecule has 0 aliphatic rings. The van der Waals surface area contributed by atoms with E-state index in [0.717, 1.165) is 19.3 Å². The highest BCUT2D eigenvalue weighted by molar-refractivity contribution is 5.87. The third-order valence-electron chi connectivity index (χ3n) is 2.07. The quantitative estimate of drug-likeness (QED) is 0.408. The Morgan fingerprint density at radius 1 is 1.00 bits per heavy atom. The van der Waals surface area contributed by atoms with Gasteiger partial charge in [0.1, 0.15) is 6.54 Å². The van der Waals surface area contributed by atoms with Crippen molar-refractivity contribution in [1.82, 2.24) is 5.32 Å². The fraction of sp³-hybridized carbons (Fsp3) is 0.750. The highest BCUT2D eigenvalue weighted by Gasteiger charge is 2.11. The molecule has 0 aromatic rings. The molecule has 6 nitrogen and oxygen atoms in total. The van der Waals surface area contributed by atoms with Gasteiger partial charge in [0.2, 0.25) is 0 Å². The highest BCUT2D eigenvalue weighted by Crippen LogP contribution is 1.96. The molecule has 1 amide bonds. The van der Waals surface area contributed by atoms with Gasteiger partial charge in [0, 0.05) is 6.42 Å². The maximum atomic E-state index is 11.1. The maximum Gasteiger partial charge on any atom is 0.407 e.